The Kier molecular flexibility index (Phi) is 3.94. The third kappa shape index (κ3) is 2.80. The van der Waals surface area contributed by atoms with Gasteiger partial charge < -0.3 is 0 Å². The van der Waals surface area contributed by atoms with Gasteiger partial charge in [-0.1, -0.05) is 42.1 Å². The third-order valence-electron chi connectivity index (χ3n) is 2.97. The summed E-state index contributed by atoms with van der Waals surface area (Å²) in [4.78, 5) is 15.8. The Hall–Kier alpha value is -1.85. The number of hydrogen-bond acceptors (Lipinski definition) is 3. The van der Waals surface area contributed by atoms with Crippen LogP contribution in [0.4, 0.5) is 4.39 Å². The van der Waals surface area contributed by atoms with Crippen LogP contribution >= 0.6 is 23.4 Å². The predicted octanol–water partition coefficient (Wildman–Crippen LogP) is 4.14. The first kappa shape index (κ1) is 14.1. The van der Waals surface area contributed by atoms with E-state index in [1.807, 2.05) is 30.3 Å². The predicted molar refractivity (Wildman–Crippen MR) is 81.3 cm³/mol. The van der Waals surface area contributed by atoms with Gasteiger partial charge in [-0.3, -0.25) is 9.20 Å². The summed E-state index contributed by atoms with van der Waals surface area (Å²) in [6.45, 7) is 0. The average Bonchev–Trinajstić information content (AvgIpc) is 2.86. The molecule has 0 bridgehead atoms. The van der Waals surface area contributed by atoms with Crippen LogP contribution in [0.5, 0.6) is 0 Å². The number of hydrogen-bond donors (Lipinski definition) is 0. The Labute approximate surface area is 129 Å². The van der Waals surface area contributed by atoms with Crippen molar-refractivity contribution in [3.8, 4) is 0 Å². The molecule has 0 saturated carbocycles. The van der Waals surface area contributed by atoms with Crippen LogP contribution in [0, 0.1) is 5.82 Å². The van der Waals surface area contributed by atoms with E-state index in [-0.39, 0.29) is 11.3 Å². The van der Waals surface area contributed by atoms with Crippen molar-refractivity contribution in [2.75, 3.05) is 0 Å². The molecule has 2 heterocycles. The minimum atomic E-state index is -0.649. The first-order valence-corrected chi connectivity index (χ1v) is 7.56. The lowest BCUT2D eigenvalue weighted by Crippen LogP contribution is -1.98. The first-order valence-electron chi connectivity index (χ1n) is 6.20. The van der Waals surface area contributed by atoms with Gasteiger partial charge in [0.1, 0.15) is 10.7 Å². The highest BCUT2D eigenvalue weighted by Crippen LogP contribution is 2.28. The first-order chi connectivity index (χ1) is 10.2. The highest BCUT2D eigenvalue weighted by molar-refractivity contribution is 7.98. The van der Waals surface area contributed by atoms with Gasteiger partial charge in [-0.2, -0.15) is 0 Å². The molecule has 0 aliphatic heterocycles. The van der Waals surface area contributed by atoms with Crippen LogP contribution in [0.3, 0.4) is 0 Å². The van der Waals surface area contributed by atoms with Gasteiger partial charge in [0.05, 0.1) is 0 Å². The van der Waals surface area contributed by atoms with E-state index < -0.39 is 11.1 Å². The topological polar surface area (TPSA) is 34.4 Å². The molecular formula is C15H10ClFN2OS. The van der Waals surface area contributed by atoms with Crippen LogP contribution in [-0.4, -0.2) is 14.6 Å². The van der Waals surface area contributed by atoms with E-state index in [2.05, 4.69) is 4.98 Å². The number of carbonyl (C=O) groups is 1. The number of imidazole rings is 1. The van der Waals surface area contributed by atoms with Gasteiger partial charge in [-0.05, 0) is 29.3 Å². The van der Waals surface area contributed by atoms with Crippen molar-refractivity contribution in [3.05, 3.63) is 65.7 Å². The van der Waals surface area contributed by atoms with E-state index in [0.29, 0.717) is 10.8 Å². The van der Waals surface area contributed by atoms with E-state index in [1.165, 1.54) is 28.3 Å². The summed E-state index contributed by atoms with van der Waals surface area (Å²) in [6, 6.07) is 12.6. The molecule has 0 atom stereocenters. The molecule has 0 aliphatic carbocycles. The van der Waals surface area contributed by atoms with Crippen LogP contribution in [0.1, 0.15) is 16.1 Å². The molecule has 0 N–H and O–H groups in total. The van der Waals surface area contributed by atoms with Gasteiger partial charge in [0.2, 0.25) is 0 Å². The molecule has 0 unspecified atom stereocenters. The summed E-state index contributed by atoms with van der Waals surface area (Å²) < 4.78 is 15.1. The Morgan fingerprint density at radius 3 is 2.71 bits per heavy atom. The molecule has 0 amide bonds. The highest BCUT2D eigenvalue weighted by atomic mass is 35.5. The number of benzene rings is 1. The maximum Gasteiger partial charge on any atom is 0.272 e. The minimum Gasteiger partial charge on any atom is -0.293 e. The van der Waals surface area contributed by atoms with E-state index in [0.717, 1.165) is 5.56 Å². The lowest BCUT2D eigenvalue weighted by molar-refractivity contribution is 0.107. The molecule has 2 aromatic heterocycles. The Balaban J connectivity index is 2.00. The van der Waals surface area contributed by atoms with Crippen LogP contribution in [0.15, 0.2) is 53.7 Å². The van der Waals surface area contributed by atoms with Crippen molar-refractivity contribution >= 4 is 34.3 Å². The Morgan fingerprint density at radius 2 is 2.00 bits per heavy atom. The number of fused-ring (bicyclic) bond motifs is 1. The summed E-state index contributed by atoms with van der Waals surface area (Å²) >= 11 is 6.99. The minimum absolute atomic E-state index is 0.108. The summed E-state index contributed by atoms with van der Waals surface area (Å²) in [6.07, 6.45) is 1.58. The van der Waals surface area contributed by atoms with Gasteiger partial charge in [0.15, 0.2) is 11.5 Å². The molecule has 0 aliphatic rings. The smallest absolute Gasteiger partial charge is 0.272 e. The number of halogens is 2. The number of nitrogens with zero attached hydrogens (tertiary/aromatic N) is 2. The van der Waals surface area contributed by atoms with Crippen LogP contribution in [0.25, 0.3) is 5.65 Å². The van der Waals surface area contributed by atoms with E-state index in [1.54, 1.807) is 6.20 Å². The number of rotatable bonds is 4. The van der Waals surface area contributed by atoms with Crippen LogP contribution in [-0.2, 0) is 5.75 Å². The van der Waals surface area contributed by atoms with E-state index in [9.17, 15) is 9.18 Å². The molecular weight excluding hydrogens is 311 g/mol. The molecule has 1 aromatic carbocycles. The molecule has 0 saturated heterocycles. The lowest BCUT2D eigenvalue weighted by Gasteiger charge is -2.01. The van der Waals surface area contributed by atoms with Crippen molar-refractivity contribution in [1.82, 2.24) is 9.38 Å². The second-order valence-electron chi connectivity index (χ2n) is 4.36. The van der Waals surface area contributed by atoms with Crippen molar-refractivity contribution in [2.24, 2.45) is 0 Å². The van der Waals surface area contributed by atoms with Crippen molar-refractivity contribution in [1.29, 1.82) is 0 Å². The SMILES string of the molecule is O=C(Cl)c1c(SCc2ccccc2)nc2c(F)cccn12. The normalized spacial score (nSPS) is 11.0. The summed E-state index contributed by atoms with van der Waals surface area (Å²) in [5.41, 5.74) is 1.40. The lowest BCUT2D eigenvalue weighted by atomic mass is 10.2. The largest absolute Gasteiger partial charge is 0.293 e. The Morgan fingerprint density at radius 1 is 1.24 bits per heavy atom. The van der Waals surface area contributed by atoms with Crippen LogP contribution < -0.4 is 0 Å². The molecule has 6 heteroatoms. The standard InChI is InChI=1S/C15H10ClFN2OS/c16-13(20)12-15(21-9-10-5-2-1-3-6-10)18-14-11(17)7-4-8-19(12)14/h1-8H,9H2. The van der Waals surface area contributed by atoms with E-state index in [4.69, 9.17) is 11.6 Å². The summed E-state index contributed by atoms with van der Waals surface area (Å²) in [7, 11) is 0. The summed E-state index contributed by atoms with van der Waals surface area (Å²) in [5.74, 6) is 0.145. The monoisotopic (exact) mass is 320 g/mol. The number of thioether (sulfide) groups is 1. The van der Waals surface area contributed by atoms with Gasteiger partial charge >= 0.3 is 0 Å². The maximum atomic E-state index is 13.8. The molecule has 21 heavy (non-hydrogen) atoms. The zero-order valence-corrected chi connectivity index (χ0v) is 12.4. The molecule has 3 nitrogen and oxygen atoms in total. The second-order valence-corrected chi connectivity index (χ2v) is 5.67. The fourth-order valence-corrected chi connectivity index (χ4v) is 3.23. The molecule has 3 rings (SSSR count). The average molecular weight is 321 g/mol. The van der Waals surface area contributed by atoms with Gasteiger partial charge in [-0.25, -0.2) is 9.37 Å². The quantitative estimate of drug-likeness (QED) is 0.535. The molecule has 0 fully saturated rings. The Bertz CT molecular complexity index is 804. The molecule has 0 spiro atoms. The van der Waals surface area contributed by atoms with Gasteiger partial charge in [0, 0.05) is 11.9 Å². The van der Waals surface area contributed by atoms with Crippen molar-refractivity contribution in [2.45, 2.75) is 10.8 Å². The number of carbonyl (C=O) groups excluding carboxylic acids is 1. The number of aromatic nitrogens is 2. The third-order valence-corrected chi connectivity index (χ3v) is 4.19. The fraction of sp³-hybridized carbons (Fsp3) is 0.0667. The second kappa shape index (κ2) is 5.87. The zero-order chi connectivity index (χ0) is 14.8. The zero-order valence-electron chi connectivity index (χ0n) is 10.8. The van der Waals surface area contributed by atoms with Gasteiger partial charge in [0.25, 0.3) is 5.24 Å². The van der Waals surface area contributed by atoms with E-state index >= 15 is 0 Å². The molecule has 3 aromatic rings. The fourth-order valence-electron chi connectivity index (χ4n) is 2.02. The van der Waals surface area contributed by atoms with Gasteiger partial charge in [-0.15, -0.1) is 0 Å². The van der Waals surface area contributed by atoms with Crippen molar-refractivity contribution < 1.29 is 9.18 Å². The maximum absolute atomic E-state index is 13.8. The summed E-state index contributed by atoms with van der Waals surface area (Å²) in [5, 5.41) is -0.215. The van der Waals surface area contributed by atoms with Crippen molar-refractivity contribution in [3.63, 3.8) is 0 Å². The number of pyridine rings is 1. The molecule has 106 valence electrons. The molecule has 0 radical (unpaired) electrons. The highest BCUT2D eigenvalue weighted by Gasteiger charge is 2.19. The van der Waals surface area contributed by atoms with Crippen LogP contribution in [0.2, 0.25) is 0 Å².